The number of hydrogen-bond donors (Lipinski definition) is 2. The van der Waals surface area contributed by atoms with E-state index >= 15 is 0 Å². The number of nitrogens with one attached hydrogen (secondary N) is 1. The van der Waals surface area contributed by atoms with Gasteiger partial charge in [-0.1, -0.05) is 24.3 Å². The van der Waals surface area contributed by atoms with Crippen molar-refractivity contribution < 1.29 is 10.0 Å². The molecule has 2 aromatic carbocycles. The molecule has 2 N–H and O–H groups in total. The molecule has 1 aromatic heterocycles. The summed E-state index contributed by atoms with van der Waals surface area (Å²) in [5, 5.41) is 10.2. The lowest BCUT2D eigenvalue weighted by Crippen LogP contribution is -2.27. The van der Waals surface area contributed by atoms with Gasteiger partial charge < -0.3 is 14.4 Å². The lowest BCUT2D eigenvalue weighted by Gasteiger charge is -2.24. The summed E-state index contributed by atoms with van der Waals surface area (Å²) in [7, 11) is 6.40. The lowest BCUT2D eigenvalue weighted by atomic mass is 10.0. The highest BCUT2D eigenvalue weighted by Crippen LogP contribution is 2.32. The number of aromatic nitrogens is 1. The number of hydrogen-bond acceptors (Lipinski definition) is 4. The monoisotopic (exact) mass is 406 g/mol. The maximum atomic E-state index is 11.6. The molecule has 0 saturated carbocycles. The molecule has 2 heterocycles. The molecule has 30 heavy (non-hydrogen) atoms. The van der Waals surface area contributed by atoms with E-state index < -0.39 is 5.91 Å². The van der Waals surface area contributed by atoms with Crippen molar-refractivity contribution in [3.05, 3.63) is 70.4 Å². The predicted molar refractivity (Wildman–Crippen MR) is 119 cm³/mol. The van der Waals surface area contributed by atoms with Crippen LogP contribution in [0.3, 0.4) is 0 Å². The molecule has 1 amide bonds. The van der Waals surface area contributed by atoms with Crippen molar-refractivity contribution in [1.29, 1.82) is 0 Å². The number of benzene rings is 2. The zero-order valence-corrected chi connectivity index (χ0v) is 18.0. The highest BCUT2D eigenvalue weighted by molar-refractivity contribution is 5.93. The van der Waals surface area contributed by atoms with Crippen LogP contribution >= 0.6 is 0 Å². The second kappa shape index (κ2) is 8.60. The first-order chi connectivity index (χ1) is 14.5. The van der Waals surface area contributed by atoms with Gasteiger partial charge in [0.25, 0.3) is 5.91 Å². The molecular formula is C24H30N4O2. The van der Waals surface area contributed by atoms with E-state index in [0.717, 1.165) is 44.6 Å². The van der Waals surface area contributed by atoms with Gasteiger partial charge in [0.2, 0.25) is 0 Å². The van der Waals surface area contributed by atoms with Gasteiger partial charge in [-0.3, -0.25) is 10.0 Å². The molecule has 6 heteroatoms. The second-order valence-corrected chi connectivity index (χ2v) is 8.54. The SMILES string of the molecule is CN(C)CCc1ccc2c3c(n(Cc4ccc(C(=O)NO)cc4)c2c1)CCN(C)C3. The minimum absolute atomic E-state index is 0.452. The number of amides is 1. The summed E-state index contributed by atoms with van der Waals surface area (Å²) in [5.74, 6) is -0.487. The third-order valence-corrected chi connectivity index (χ3v) is 6.02. The van der Waals surface area contributed by atoms with Gasteiger partial charge in [0.1, 0.15) is 0 Å². The minimum Gasteiger partial charge on any atom is -0.340 e. The summed E-state index contributed by atoms with van der Waals surface area (Å²) in [6, 6.07) is 14.4. The first-order valence-electron chi connectivity index (χ1n) is 10.5. The van der Waals surface area contributed by atoms with Crippen molar-refractivity contribution in [3.63, 3.8) is 0 Å². The molecule has 0 aliphatic carbocycles. The van der Waals surface area contributed by atoms with E-state index in [0.29, 0.717) is 5.56 Å². The van der Waals surface area contributed by atoms with E-state index in [2.05, 4.69) is 53.7 Å². The first kappa shape index (κ1) is 20.6. The molecule has 4 rings (SSSR count). The smallest absolute Gasteiger partial charge is 0.274 e. The molecule has 6 nitrogen and oxygen atoms in total. The Balaban J connectivity index is 1.73. The molecule has 0 atom stereocenters. The van der Waals surface area contributed by atoms with Gasteiger partial charge in [0, 0.05) is 54.8 Å². The van der Waals surface area contributed by atoms with Crippen molar-refractivity contribution >= 4 is 16.8 Å². The summed E-state index contributed by atoms with van der Waals surface area (Å²) in [4.78, 5) is 16.2. The minimum atomic E-state index is -0.487. The molecule has 0 bridgehead atoms. The van der Waals surface area contributed by atoms with Gasteiger partial charge in [-0.15, -0.1) is 0 Å². The van der Waals surface area contributed by atoms with E-state index in [1.807, 2.05) is 12.1 Å². The van der Waals surface area contributed by atoms with E-state index in [9.17, 15) is 4.79 Å². The largest absolute Gasteiger partial charge is 0.340 e. The maximum absolute atomic E-state index is 11.6. The van der Waals surface area contributed by atoms with Gasteiger partial charge in [0.05, 0.1) is 0 Å². The van der Waals surface area contributed by atoms with Crippen LogP contribution < -0.4 is 5.48 Å². The van der Waals surface area contributed by atoms with Gasteiger partial charge in [-0.2, -0.15) is 0 Å². The number of rotatable bonds is 6. The molecule has 0 spiro atoms. The molecule has 158 valence electrons. The van der Waals surface area contributed by atoms with E-state index in [1.54, 1.807) is 17.6 Å². The highest BCUT2D eigenvalue weighted by atomic mass is 16.5. The molecular weight excluding hydrogens is 376 g/mol. The molecule has 3 aromatic rings. The van der Waals surface area contributed by atoms with Gasteiger partial charge >= 0.3 is 0 Å². The number of carbonyl (C=O) groups is 1. The number of hydroxylamine groups is 1. The van der Waals surface area contributed by atoms with Crippen molar-refractivity contribution in [2.45, 2.75) is 25.9 Å². The van der Waals surface area contributed by atoms with Crippen LogP contribution in [-0.4, -0.2) is 59.7 Å². The molecule has 0 fully saturated rings. The molecule has 1 aliphatic heterocycles. The Morgan fingerprint density at radius 1 is 1.13 bits per heavy atom. The lowest BCUT2D eigenvalue weighted by molar-refractivity contribution is 0.0706. The Morgan fingerprint density at radius 3 is 2.57 bits per heavy atom. The fourth-order valence-corrected chi connectivity index (χ4v) is 4.32. The van der Waals surface area contributed by atoms with Crippen LogP contribution in [0.15, 0.2) is 42.5 Å². The Kier molecular flexibility index (Phi) is 5.90. The average molecular weight is 407 g/mol. The van der Waals surface area contributed by atoms with Crippen LogP contribution in [0.5, 0.6) is 0 Å². The van der Waals surface area contributed by atoms with Crippen molar-refractivity contribution in [1.82, 2.24) is 19.8 Å². The Morgan fingerprint density at radius 2 is 1.87 bits per heavy atom. The Hall–Kier alpha value is -2.67. The molecule has 1 aliphatic rings. The first-order valence-corrected chi connectivity index (χ1v) is 10.5. The number of carbonyl (C=O) groups excluding carboxylic acids is 1. The van der Waals surface area contributed by atoms with Crippen LogP contribution in [0.4, 0.5) is 0 Å². The highest BCUT2D eigenvalue weighted by Gasteiger charge is 2.22. The van der Waals surface area contributed by atoms with E-state index in [4.69, 9.17) is 5.21 Å². The zero-order valence-electron chi connectivity index (χ0n) is 18.0. The van der Waals surface area contributed by atoms with Gasteiger partial charge in [-0.05, 0) is 62.5 Å². The Bertz CT molecular complexity index is 1050. The van der Waals surface area contributed by atoms with Crippen LogP contribution in [0, 0.1) is 0 Å². The van der Waals surface area contributed by atoms with Crippen LogP contribution in [-0.2, 0) is 25.9 Å². The standard InChI is InChI=1S/C24H30N4O2/c1-26(2)12-10-17-6-9-20-21-16-27(3)13-11-22(21)28(23(20)14-17)15-18-4-7-19(8-5-18)24(29)25-30/h4-9,14,30H,10-13,15-16H2,1-3H3,(H,25,29). The quantitative estimate of drug-likeness (QED) is 0.488. The summed E-state index contributed by atoms with van der Waals surface area (Å²) in [6.07, 6.45) is 2.07. The van der Waals surface area contributed by atoms with Crippen LogP contribution in [0.2, 0.25) is 0 Å². The van der Waals surface area contributed by atoms with Gasteiger partial charge in [0.15, 0.2) is 0 Å². The van der Waals surface area contributed by atoms with E-state index in [1.165, 1.54) is 27.7 Å². The van der Waals surface area contributed by atoms with Crippen LogP contribution in [0.1, 0.15) is 32.7 Å². The van der Waals surface area contributed by atoms with Crippen molar-refractivity contribution in [2.75, 3.05) is 34.2 Å². The third-order valence-electron chi connectivity index (χ3n) is 6.02. The fraction of sp³-hybridized carbons (Fsp3) is 0.375. The summed E-state index contributed by atoms with van der Waals surface area (Å²) < 4.78 is 2.46. The molecule has 0 radical (unpaired) electrons. The molecule has 0 saturated heterocycles. The maximum Gasteiger partial charge on any atom is 0.274 e. The van der Waals surface area contributed by atoms with Crippen molar-refractivity contribution in [2.24, 2.45) is 0 Å². The van der Waals surface area contributed by atoms with E-state index in [-0.39, 0.29) is 0 Å². The van der Waals surface area contributed by atoms with Gasteiger partial charge in [-0.25, -0.2) is 5.48 Å². The average Bonchev–Trinajstić information content (AvgIpc) is 3.04. The fourth-order valence-electron chi connectivity index (χ4n) is 4.32. The number of nitrogens with zero attached hydrogens (tertiary/aromatic N) is 3. The number of likely N-dealkylation sites (N-methyl/N-ethyl adjacent to an activating group) is 2. The summed E-state index contributed by atoms with van der Waals surface area (Å²) in [6.45, 7) is 3.84. The molecule has 0 unspecified atom stereocenters. The normalized spacial score (nSPS) is 14.3. The summed E-state index contributed by atoms with van der Waals surface area (Å²) in [5.41, 5.74) is 8.79. The van der Waals surface area contributed by atoms with Crippen molar-refractivity contribution in [3.8, 4) is 0 Å². The third kappa shape index (κ3) is 4.12. The summed E-state index contributed by atoms with van der Waals surface area (Å²) >= 11 is 0. The Labute approximate surface area is 177 Å². The number of fused-ring (bicyclic) bond motifs is 3. The zero-order chi connectivity index (χ0) is 21.3. The van der Waals surface area contributed by atoms with Crippen LogP contribution in [0.25, 0.3) is 10.9 Å². The predicted octanol–water partition coefficient (Wildman–Crippen LogP) is 2.90. The topological polar surface area (TPSA) is 60.7 Å². The second-order valence-electron chi connectivity index (χ2n) is 8.54.